The van der Waals surface area contributed by atoms with Crippen LogP contribution in [0.3, 0.4) is 0 Å². The topological polar surface area (TPSA) is 29.5 Å². The highest BCUT2D eigenvalue weighted by Gasteiger charge is 2.21. The fourth-order valence-corrected chi connectivity index (χ4v) is 2.76. The number of nitrogens with zero attached hydrogens (tertiary/aromatic N) is 1. The van der Waals surface area contributed by atoms with Gasteiger partial charge in [-0.1, -0.05) is 18.5 Å². The van der Waals surface area contributed by atoms with Crippen molar-refractivity contribution in [2.24, 2.45) is 5.92 Å². The normalized spacial score (nSPS) is 17.2. The molecule has 1 aliphatic rings. The number of carbonyl (C=O) groups is 1. The Kier molecular flexibility index (Phi) is 5.65. The minimum atomic E-state index is 0.0357. The molecule has 0 saturated carbocycles. The third kappa shape index (κ3) is 4.72. The van der Waals surface area contributed by atoms with E-state index in [0.717, 1.165) is 31.8 Å². The minimum Gasteiger partial charge on any atom is -0.490 e. The van der Waals surface area contributed by atoms with Gasteiger partial charge in [0.25, 0.3) is 0 Å². The standard InChI is InChI=1S/C17H24ClNO2/c1-12(2)21-17-5-4-14(18)10-15(17)16(20)11-19-8-6-13(3)7-9-19/h4-5,10,12-13H,6-9,11H2,1-3H3. The summed E-state index contributed by atoms with van der Waals surface area (Å²) in [6, 6.07) is 5.26. The first-order chi connectivity index (χ1) is 9.95. The monoisotopic (exact) mass is 309 g/mol. The van der Waals surface area contributed by atoms with Crippen molar-refractivity contribution in [3.8, 4) is 5.75 Å². The van der Waals surface area contributed by atoms with Gasteiger partial charge in [-0.2, -0.15) is 0 Å². The number of ether oxygens (including phenoxy) is 1. The molecule has 0 aliphatic carbocycles. The maximum atomic E-state index is 12.6. The number of piperidine rings is 1. The molecule has 0 amide bonds. The van der Waals surface area contributed by atoms with Crippen molar-refractivity contribution in [2.75, 3.05) is 19.6 Å². The molecule has 0 atom stereocenters. The van der Waals surface area contributed by atoms with Gasteiger partial charge in [-0.3, -0.25) is 9.69 Å². The zero-order valence-electron chi connectivity index (χ0n) is 13.1. The number of ketones is 1. The van der Waals surface area contributed by atoms with E-state index in [4.69, 9.17) is 16.3 Å². The van der Waals surface area contributed by atoms with Crippen molar-refractivity contribution in [3.05, 3.63) is 28.8 Å². The minimum absolute atomic E-state index is 0.0357. The molecule has 0 radical (unpaired) electrons. The summed E-state index contributed by atoms with van der Waals surface area (Å²) < 4.78 is 5.73. The van der Waals surface area contributed by atoms with E-state index >= 15 is 0 Å². The van der Waals surface area contributed by atoms with Crippen molar-refractivity contribution in [1.29, 1.82) is 0 Å². The molecule has 0 N–H and O–H groups in total. The Morgan fingerprint density at radius 2 is 2.05 bits per heavy atom. The molecular weight excluding hydrogens is 286 g/mol. The Balaban J connectivity index is 2.08. The molecule has 2 rings (SSSR count). The molecule has 1 heterocycles. The van der Waals surface area contributed by atoms with Crippen LogP contribution in [-0.4, -0.2) is 36.4 Å². The molecule has 4 heteroatoms. The van der Waals surface area contributed by atoms with Gasteiger partial charge in [-0.25, -0.2) is 0 Å². The number of hydrogen-bond acceptors (Lipinski definition) is 3. The lowest BCUT2D eigenvalue weighted by atomic mass is 9.98. The number of hydrogen-bond donors (Lipinski definition) is 0. The summed E-state index contributed by atoms with van der Waals surface area (Å²) in [5, 5.41) is 0.571. The Bertz CT molecular complexity index is 494. The van der Waals surface area contributed by atoms with Gasteiger partial charge in [-0.05, 0) is 63.9 Å². The third-order valence-corrected chi connectivity index (χ3v) is 4.08. The van der Waals surface area contributed by atoms with E-state index in [0.29, 0.717) is 22.9 Å². The Labute approximate surface area is 132 Å². The molecular formula is C17H24ClNO2. The maximum absolute atomic E-state index is 12.6. The van der Waals surface area contributed by atoms with Crippen LogP contribution in [-0.2, 0) is 0 Å². The fourth-order valence-electron chi connectivity index (χ4n) is 2.59. The van der Waals surface area contributed by atoms with Gasteiger partial charge in [0.05, 0.1) is 18.2 Å². The fraction of sp³-hybridized carbons (Fsp3) is 0.588. The molecule has 21 heavy (non-hydrogen) atoms. The van der Waals surface area contributed by atoms with Crippen LogP contribution in [0.2, 0.25) is 5.02 Å². The molecule has 0 bridgehead atoms. The van der Waals surface area contributed by atoms with Crippen LogP contribution in [0.25, 0.3) is 0 Å². The molecule has 3 nitrogen and oxygen atoms in total. The molecule has 0 unspecified atom stereocenters. The number of halogens is 1. The first kappa shape index (κ1) is 16.3. The van der Waals surface area contributed by atoms with Crippen LogP contribution in [0.5, 0.6) is 5.75 Å². The van der Waals surface area contributed by atoms with Gasteiger partial charge in [-0.15, -0.1) is 0 Å². The van der Waals surface area contributed by atoms with Crippen LogP contribution in [0.15, 0.2) is 18.2 Å². The highest BCUT2D eigenvalue weighted by Crippen LogP contribution is 2.25. The molecule has 0 aromatic heterocycles. The lowest BCUT2D eigenvalue weighted by Crippen LogP contribution is -2.36. The van der Waals surface area contributed by atoms with E-state index in [1.165, 1.54) is 0 Å². The Morgan fingerprint density at radius 1 is 1.38 bits per heavy atom. The molecule has 1 aromatic rings. The molecule has 1 fully saturated rings. The first-order valence-corrected chi connectivity index (χ1v) is 8.05. The van der Waals surface area contributed by atoms with E-state index in [-0.39, 0.29) is 11.9 Å². The Morgan fingerprint density at radius 3 is 2.67 bits per heavy atom. The van der Waals surface area contributed by atoms with Crippen molar-refractivity contribution in [2.45, 2.75) is 39.7 Å². The molecule has 1 saturated heterocycles. The lowest BCUT2D eigenvalue weighted by Gasteiger charge is -2.29. The highest BCUT2D eigenvalue weighted by atomic mass is 35.5. The average molecular weight is 310 g/mol. The van der Waals surface area contributed by atoms with Gasteiger partial charge in [0.1, 0.15) is 5.75 Å². The summed E-state index contributed by atoms with van der Waals surface area (Å²) in [4.78, 5) is 14.8. The largest absolute Gasteiger partial charge is 0.490 e. The second-order valence-corrected chi connectivity index (χ2v) is 6.63. The van der Waals surface area contributed by atoms with Crippen LogP contribution < -0.4 is 4.74 Å². The van der Waals surface area contributed by atoms with Crippen LogP contribution in [0.4, 0.5) is 0 Å². The quantitative estimate of drug-likeness (QED) is 0.769. The molecule has 116 valence electrons. The highest BCUT2D eigenvalue weighted by molar-refractivity contribution is 6.31. The third-order valence-electron chi connectivity index (χ3n) is 3.85. The van der Waals surface area contributed by atoms with E-state index in [9.17, 15) is 4.79 Å². The molecule has 0 spiro atoms. The number of benzene rings is 1. The van der Waals surface area contributed by atoms with Gasteiger partial charge >= 0.3 is 0 Å². The second-order valence-electron chi connectivity index (χ2n) is 6.19. The predicted octanol–water partition coefficient (Wildman–Crippen LogP) is 4.04. The van der Waals surface area contributed by atoms with Gasteiger partial charge in [0.2, 0.25) is 0 Å². The number of likely N-dealkylation sites (tertiary alicyclic amines) is 1. The van der Waals surface area contributed by atoms with Crippen molar-refractivity contribution in [1.82, 2.24) is 4.90 Å². The van der Waals surface area contributed by atoms with E-state index < -0.39 is 0 Å². The van der Waals surface area contributed by atoms with Crippen LogP contribution in [0.1, 0.15) is 44.0 Å². The molecule has 1 aliphatic heterocycles. The first-order valence-electron chi connectivity index (χ1n) is 7.67. The molecule has 1 aromatic carbocycles. The van der Waals surface area contributed by atoms with E-state index in [1.54, 1.807) is 18.2 Å². The van der Waals surface area contributed by atoms with E-state index in [1.807, 2.05) is 13.8 Å². The van der Waals surface area contributed by atoms with E-state index in [2.05, 4.69) is 11.8 Å². The summed E-state index contributed by atoms with van der Waals surface area (Å²) >= 11 is 6.04. The summed E-state index contributed by atoms with van der Waals surface area (Å²) in [5.74, 6) is 1.48. The van der Waals surface area contributed by atoms with Gasteiger partial charge < -0.3 is 4.74 Å². The number of rotatable bonds is 5. The summed E-state index contributed by atoms with van der Waals surface area (Å²) in [6.07, 6.45) is 2.37. The zero-order valence-corrected chi connectivity index (χ0v) is 13.8. The van der Waals surface area contributed by atoms with Crippen molar-refractivity contribution in [3.63, 3.8) is 0 Å². The zero-order chi connectivity index (χ0) is 15.4. The summed E-state index contributed by atoms with van der Waals surface area (Å²) in [5.41, 5.74) is 0.592. The smallest absolute Gasteiger partial charge is 0.180 e. The lowest BCUT2D eigenvalue weighted by molar-refractivity contribution is 0.0894. The number of carbonyl (C=O) groups excluding carboxylic acids is 1. The van der Waals surface area contributed by atoms with Crippen LogP contribution in [0, 0.1) is 5.92 Å². The van der Waals surface area contributed by atoms with Gasteiger partial charge in [0, 0.05) is 5.02 Å². The van der Waals surface area contributed by atoms with Crippen LogP contribution >= 0.6 is 11.6 Å². The summed E-state index contributed by atoms with van der Waals surface area (Å²) in [6.45, 7) is 8.61. The predicted molar refractivity (Wildman–Crippen MR) is 86.4 cm³/mol. The maximum Gasteiger partial charge on any atom is 0.180 e. The Hall–Kier alpha value is -1.06. The second kappa shape index (κ2) is 7.28. The summed E-state index contributed by atoms with van der Waals surface area (Å²) in [7, 11) is 0. The van der Waals surface area contributed by atoms with Gasteiger partial charge in [0.15, 0.2) is 5.78 Å². The van der Waals surface area contributed by atoms with Crippen molar-refractivity contribution < 1.29 is 9.53 Å². The van der Waals surface area contributed by atoms with Crippen molar-refractivity contribution >= 4 is 17.4 Å². The number of Topliss-reactive ketones (excluding diaryl/α,β-unsaturated/α-hetero) is 1. The average Bonchev–Trinajstić information content (AvgIpc) is 2.43. The SMILES string of the molecule is CC1CCN(CC(=O)c2cc(Cl)ccc2OC(C)C)CC1.